The second kappa shape index (κ2) is 8.89. The van der Waals surface area contributed by atoms with E-state index in [9.17, 15) is 18.8 Å². The third-order valence-corrected chi connectivity index (χ3v) is 3.42. The monoisotopic (exact) mass is 364 g/mol. The van der Waals surface area contributed by atoms with E-state index >= 15 is 0 Å². The summed E-state index contributed by atoms with van der Waals surface area (Å²) in [7, 11) is 0. The van der Waals surface area contributed by atoms with Gasteiger partial charge in [0, 0.05) is 18.2 Å². The molecule has 0 atom stereocenters. The van der Waals surface area contributed by atoms with Crippen LogP contribution in [0.15, 0.2) is 42.6 Å². The molecule has 0 unspecified atom stereocenters. The number of rotatable bonds is 7. The lowest BCUT2D eigenvalue weighted by atomic mass is 10.1. The Bertz CT molecular complexity index is 780. The number of esters is 1. The van der Waals surface area contributed by atoms with Gasteiger partial charge in [-0.1, -0.05) is 11.6 Å². The van der Waals surface area contributed by atoms with E-state index in [2.05, 4.69) is 10.3 Å². The molecule has 0 spiro atoms. The van der Waals surface area contributed by atoms with Gasteiger partial charge in [0.1, 0.15) is 5.82 Å². The molecular weight excluding hydrogens is 351 g/mol. The summed E-state index contributed by atoms with van der Waals surface area (Å²) < 4.78 is 17.6. The van der Waals surface area contributed by atoms with E-state index in [1.165, 1.54) is 30.5 Å². The average molecular weight is 365 g/mol. The maximum absolute atomic E-state index is 12.8. The molecule has 2 rings (SSSR count). The molecule has 25 heavy (non-hydrogen) atoms. The van der Waals surface area contributed by atoms with Gasteiger partial charge in [0.2, 0.25) is 0 Å². The SMILES string of the molecule is O=C(COC(=O)CCC(=O)c1ccc(F)cc1)Nc1cccnc1Cl. The van der Waals surface area contributed by atoms with Gasteiger partial charge in [-0.2, -0.15) is 0 Å². The molecule has 1 amide bonds. The minimum atomic E-state index is -0.692. The minimum absolute atomic E-state index is 0.0967. The molecule has 8 heteroatoms. The number of pyridine rings is 1. The molecule has 0 bridgehead atoms. The summed E-state index contributed by atoms with van der Waals surface area (Å²) in [5.41, 5.74) is 0.606. The molecule has 0 aliphatic rings. The second-order valence-electron chi connectivity index (χ2n) is 4.98. The number of Topliss-reactive ketones (excluding diaryl/α,β-unsaturated/α-hetero) is 1. The van der Waals surface area contributed by atoms with Gasteiger partial charge in [-0.15, -0.1) is 0 Å². The van der Waals surface area contributed by atoms with Gasteiger partial charge in [-0.25, -0.2) is 9.37 Å². The molecule has 0 radical (unpaired) electrons. The van der Waals surface area contributed by atoms with Crippen LogP contribution in [0.4, 0.5) is 10.1 Å². The lowest BCUT2D eigenvalue weighted by Gasteiger charge is -2.07. The van der Waals surface area contributed by atoms with E-state index in [0.29, 0.717) is 11.3 Å². The molecule has 0 saturated heterocycles. The van der Waals surface area contributed by atoms with E-state index in [1.807, 2.05) is 0 Å². The summed E-state index contributed by atoms with van der Waals surface area (Å²) in [6.07, 6.45) is 1.19. The summed E-state index contributed by atoms with van der Waals surface area (Å²) in [5, 5.41) is 2.57. The van der Waals surface area contributed by atoms with Crippen molar-refractivity contribution in [3.05, 3.63) is 59.1 Å². The number of carbonyl (C=O) groups is 3. The van der Waals surface area contributed by atoms with Crippen LogP contribution in [0.2, 0.25) is 5.15 Å². The topological polar surface area (TPSA) is 85.4 Å². The van der Waals surface area contributed by atoms with Crippen molar-refractivity contribution in [2.45, 2.75) is 12.8 Å². The molecule has 6 nitrogen and oxygen atoms in total. The van der Waals surface area contributed by atoms with E-state index in [1.54, 1.807) is 12.1 Å². The van der Waals surface area contributed by atoms with Crippen LogP contribution in [0.3, 0.4) is 0 Å². The molecule has 2 aromatic rings. The standard InChI is InChI=1S/C17H14ClFN2O4/c18-17-13(2-1-9-20-17)21-15(23)10-25-16(24)8-7-14(22)11-3-5-12(19)6-4-11/h1-6,9H,7-8,10H2,(H,21,23). The van der Waals surface area contributed by atoms with Crippen molar-refractivity contribution in [3.63, 3.8) is 0 Å². The van der Waals surface area contributed by atoms with Gasteiger partial charge < -0.3 is 10.1 Å². The first-order chi connectivity index (χ1) is 12.0. The summed E-state index contributed by atoms with van der Waals surface area (Å²) in [5.74, 6) is -2.03. The van der Waals surface area contributed by atoms with E-state index < -0.39 is 24.3 Å². The molecule has 0 fully saturated rings. The Kier molecular flexibility index (Phi) is 6.59. The van der Waals surface area contributed by atoms with Crippen molar-refractivity contribution in [2.24, 2.45) is 0 Å². The number of hydrogen-bond donors (Lipinski definition) is 1. The maximum Gasteiger partial charge on any atom is 0.306 e. The molecule has 1 aromatic heterocycles. The highest BCUT2D eigenvalue weighted by Crippen LogP contribution is 2.17. The van der Waals surface area contributed by atoms with Crippen LogP contribution in [0.5, 0.6) is 0 Å². The summed E-state index contributed by atoms with van der Waals surface area (Å²) in [6.45, 7) is -0.505. The summed E-state index contributed by atoms with van der Waals surface area (Å²) in [6, 6.07) is 8.16. The minimum Gasteiger partial charge on any atom is -0.456 e. The van der Waals surface area contributed by atoms with Crippen molar-refractivity contribution in [2.75, 3.05) is 11.9 Å². The number of halogens is 2. The lowest BCUT2D eigenvalue weighted by molar-refractivity contribution is -0.147. The first-order valence-corrected chi connectivity index (χ1v) is 7.68. The molecule has 0 aliphatic carbocycles. The molecular formula is C17H14ClFN2O4. The Morgan fingerprint density at radius 1 is 1.12 bits per heavy atom. The Morgan fingerprint density at radius 2 is 1.84 bits per heavy atom. The number of nitrogens with one attached hydrogen (secondary N) is 1. The number of benzene rings is 1. The largest absolute Gasteiger partial charge is 0.456 e. The zero-order chi connectivity index (χ0) is 18.2. The number of ether oxygens (including phenoxy) is 1. The molecule has 1 heterocycles. The fourth-order valence-electron chi connectivity index (χ4n) is 1.88. The average Bonchev–Trinajstić information content (AvgIpc) is 2.60. The van der Waals surface area contributed by atoms with Gasteiger partial charge in [0.05, 0.1) is 12.1 Å². The van der Waals surface area contributed by atoms with Crippen molar-refractivity contribution >= 4 is 34.9 Å². The highest BCUT2D eigenvalue weighted by Gasteiger charge is 2.13. The number of hydrogen-bond acceptors (Lipinski definition) is 5. The number of amides is 1. The van der Waals surface area contributed by atoms with Crippen LogP contribution in [-0.2, 0) is 14.3 Å². The first kappa shape index (κ1) is 18.5. The Balaban J connectivity index is 1.73. The van der Waals surface area contributed by atoms with Crippen molar-refractivity contribution in [3.8, 4) is 0 Å². The van der Waals surface area contributed by atoms with Gasteiger partial charge >= 0.3 is 5.97 Å². The van der Waals surface area contributed by atoms with Gasteiger partial charge in [0.25, 0.3) is 5.91 Å². The second-order valence-corrected chi connectivity index (χ2v) is 5.34. The van der Waals surface area contributed by atoms with Crippen LogP contribution in [0, 0.1) is 5.82 Å². The molecule has 1 N–H and O–H groups in total. The fourth-order valence-corrected chi connectivity index (χ4v) is 2.05. The van der Waals surface area contributed by atoms with Crippen LogP contribution in [0.25, 0.3) is 0 Å². The molecule has 0 aliphatic heterocycles. The predicted octanol–water partition coefficient (Wildman–Crippen LogP) is 3.02. The first-order valence-electron chi connectivity index (χ1n) is 7.30. The van der Waals surface area contributed by atoms with Gasteiger partial charge in [-0.05, 0) is 36.4 Å². The highest BCUT2D eigenvalue weighted by molar-refractivity contribution is 6.32. The normalized spacial score (nSPS) is 10.2. The van der Waals surface area contributed by atoms with Crippen molar-refractivity contribution < 1.29 is 23.5 Å². The number of anilines is 1. The predicted molar refractivity (Wildman–Crippen MR) is 88.8 cm³/mol. The summed E-state index contributed by atoms with van der Waals surface area (Å²) in [4.78, 5) is 38.9. The Labute approximate surface area is 148 Å². The van der Waals surface area contributed by atoms with Crippen molar-refractivity contribution in [1.29, 1.82) is 0 Å². The van der Waals surface area contributed by atoms with Gasteiger partial charge in [0.15, 0.2) is 17.5 Å². The third kappa shape index (κ3) is 5.96. The van der Waals surface area contributed by atoms with Crippen LogP contribution >= 0.6 is 11.6 Å². The Morgan fingerprint density at radius 3 is 2.52 bits per heavy atom. The lowest BCUT2D eigenvalue weighted by Crippen LogP contribution is -2.21. The summed E-state index contributed by atoms with van der Waals surface area (Å²) >= 11 is 5.79. The van der Waals surface area contributed by atoms with E-state index in [0.717, 1.165) is 0 Å². The highest BCUT2D eigenvalue weighted by atomic mass is 35.5. The number of ketones is 1. The third-order valence-electron chi connectivity index (χ3n) is 3.12. The molecule has 1 aromatic carbocycles. The zero-order valence-electron chi connectivity index (χ0n) is 13.0. The Hall–Kier alpha value is -2.80. The zero-order valence-corrected chi connectivity index (χ0v) is 13.8. The molecule has 130 valence electrons. The number of nitrogens with zero attached hydrogens (tertiary/aromatic N) is 1. The number of aromatic nitrogens is 1. The van der Waals surface area contributed by atoms with E-state index in [4.69, 9.17) is 16.3 Å². The van der Waals surface area contributed by atoms with Crippen molar-refractivity contribution in [1.82, 2.24) is 4.98 Å². The fraction of sp³-hybridized carbons (Fsp3) is 0.176. The smallest absolute Gasteiger partial charge is 0.306 e. The van der Waals surface area contributed by atoms with E-state index in [-0.39, 0.29) is 23.8 Å². The van der Waals surface area contributed by atoms with Crippen LogP contribution < -0.4 is 5.32 Å². The maximum atomic E-state index is 12.8. The number of carbonyl (C=O) groups excluding carboxylic acids is 3. The van der Waals surface area contributed by atoms with Gasteiger partial charge in [-0.3, -0.25) is 14.4 Å². The van der Waals surface area contributed by atoms with Crippen LogP contribution in [0.1, 0.15) is 23.2 Å². The quantitative estimate of drug-likeness (QED) is 0.463. The molecule has 0 saturated carbocycles. The van der Waals surface area contributed by atoms with Crippen LogP contribution in [-0.4, -0.2) is 29.3 Å².